The quantitative estimate of drug-likeness (QED) is 0.525. The zero-order valence-corrected chi connectivity index (χ0v) is 20.8. The molecule has 8 nitrogen and oxygen atoms in total. The van der Waals surface area contributed by atoms with Gasteiger partial charge < -0.3 is 15.2 Å². The van der Waals surface area contributed by atoms with Crippen LogP contribution in [0.2, 0.25) is 5.02 Å². The van der Waals surface area contributed by atoms with Crippen LogP contribution in [0.3, 0.4) is 0 Å². The predicted octanol–water partition coefficient (Wildman–Crippen LogP) is 3.56. The number of halogens is 2. The molecule has 1 aromatic carbocycles. The molecule has 1 saturated heterocycles. The van der Waals surface area contributed by atoms with Crippen molar-refractivity contribution in [1.29, 1.82) is 0 Å². The Morgan fingerprint density at radius 1 is 1.29 bits per heavy atom. The van der Waals surface area contributed by atoms with E-state index in [0.717, 1.165) is 43.6 Å². The molecule has 0 radical (unpaired) electrons. The number of carbonyl (C=O) groups is 1. The summed E-state index contributed by atoms with van der Waals surface area (Å²) in [5.74, 6) is 1.57. The number of piperidine rings is 1. The van der Waals surface area contributed by atoms with Crippen LogP contribution in [-0.2, 0) is 16.8 Å². The number of hydrogen-bond acceptors (Lipinski definition) is 5. The van der Waals surface area contributed by atoms with Gasteiger partial charge in [0, 0.05) is 22.6 Å². The SMILES string of the molecule is O=C(Cn1c2c(c(=O)n3nc(Br)nc13)C1(CCNCC1)C1CC21)Nc1ccc(C2CC2)cc1Cl. The maximum atomic E-state index is 13.6. The Morgan fingerprint density at radius 2 is 2.09 bits per heavy atom. The largest absolute Gasteiger partial charge is 0.323 e. The average Bonchev–Trinajstić information content (AvgIpc) is 3.74. The van der Waals surface area contributed by atoms with Crippen LogP contribution in [0.5, 0.6) is 0 Å². The first kappa shape index (κ1) is 21.1. The molecule has 0 bridgehead atoms. The minimum atomic E-state index is -0.198. The standard InChI is InChI=1S/C24H24BrClN6O2/c25-22-29-23-31(11-18(33)28-17-4-3-13(9-16(17)26)12-1-2-12)20-14-10-15(14)24(5-7-27-8-6-24)19(20)21(34)32(23)30-22/h3-4,9,12,14-15,27H,1-2,5-8,10-11H2,(H,28,33). The highest BCUT2D eigenvalue weighted by Gasteiger charge is 2.63. The monoisotopic (exact) mass is 542 g/mol. The number of benzene rings is 1. The minimum absolute atomic E-state index is 0.0511. The first-order valence-corrected chi connectivity index (χ1v) is 13.1. The Balaban J connectivity index is 1.29. The number of fused-ring (bicyclic) bond motifs is 6. The lowest BCUT2D eigenvalue weighted by molar-refractivity contribution is -0.116. The normalized spacial score (nSPS) is 24.3. The van der Waals surface area contributed by atoms with Gasteiger partial charge in [-0.15, -0.1) is 5.10 Å². The van der Waals surface area contributed by atoms with Gasteiger partial charge in [0.05, 0.1) is 10.7 Å². The zero-order chi connectivity index (χ0) is 23.2. The molecular weight excluding hydrogens is 520 g/mol. The van der Waals surface area contributed by atoms with Crippen LogP contribution in [0.1, 0.15) is 60.8 Å². The van der Waals surface area contributed by atoms with Crippen LogP contribution >= 0.6 is 27.5 Å². The van der Waals surface area contributed by atoms with Crippen molar-refractivity contribution in [2.75, 3.05) is 18.4 Å². The number of hydrogen-bond donors (Lipinski definition) is 2. The fourth-order valence-electron chi connectivity index (χ4n) is 6.48. The van der Waals surface area contributed by atoms with E-state index in [-0.39, 0.29) is 23.4 Å². The fraction of sp³-hybridized carbons (Fsp3) is 0.500. The van der Waals surface area contributed by atoms with Gasteiger partial charge >= 0.3 is 0 Å². The molecule has 3 heterocycles. The van der Waals surface area contributed by atoms with E-state index >= 15 is 0 Å². The van der Waals surface area contributed by atoms with Gasteiger partial charge in [0.15, 0.2) is 0 Å². The van der Waals surface area contributed by atoms with Crippen LogP contribution in [0, 0.1) is 5.92 Å². The first-order chi connectivity index (χ1) is 16.5. The lowest BCUT2D eigenvalue weighted by Gasteiger charge is -2.36. The molecule has 1 spiro atoms. The second-order valence-corrected chi connectivity index (χ2v) is 11.3. The molecule has 2 unspecified atom stereocenters. The van der Waals surface area contributed by atoms with Crippen LogP contribution in [0.25, 0.3) is 5.78 Å². The van der Waals surface area contributed by atoms with Gasteiger partial charge in [-0.1, -0.05) is 17.7 Å². The van der Waals surface area contributed by atoms with Crippen LogP contribution in [0.4, 0.5) is 5.69 Å². The molecule has 3 fully saturated rings. The molecule has 4 aliphatic rings. The first-order valence-electron chi connectivity index (χ1n) is 12.0. The topological polar surface area (TPSA) is 93.3 Å². The summed E-state index contributed by atoms with van der Waals surface area (Å²) in [5, 5.41) is 11.3. The smallest absolute Gasteiger partial charge is 0.279 e. The molecule has 176 valence electrons. The van der Waals surface area contributed by atoms with Crippen molar-refractivity contribution in [3.05, 3.63) is 55.1 Å². The molecule has 3 aromatic rings. The summed E-state index contributed by atoms with van der Waals surface area (Å²) in [7, 11) is 0. The van der Waals surface area contributed by atoms with Crippen molar-refractivity contribution in [3.63, 3.8) is 0 Å². The molecule has 3 aliphatic carbocycles. The number of amides is 1. The summed E-state index contributed by atoms with van der Waals surface area (Å²) < 4.78 is 3.62. The molecule has 2 aromatic heterocycles. The van der Waals surface area contributed by atoms with Crippen LogP contribution < -0.4 is 16.2 Å². The van der Waals surface area contributed by atoms with Gasteiger partial charge in [0.1, 0.15) is 6.54 Å². The molecule has 2 saturated carbocycles. The van der Waals surface area contributed by atoms with E-state index in [1.165, 1.54) is 22.9 Å². The van der Waals surface area contributed by atoms with Gasteiger partial charge in [-0.25, -0.2) is 0 Å². The van der Waals surface area contributed by atoms with E-state index < -0.39 is 0 Å². The summed E-state index contributed by atoms with van der Waals surface area (Å²) in [6.45, 7) is 1.85. The van der Waals surface area contributed by atoms with E-state index in [2.05, 4.69) is 36.6 Å². The van der Waals surface area contributed by atoms with E-state index in [1.54, 1.807) is 0 Å². The van der Waals surface area contributed by atoms with E-state index in [9.17, 15) is 9.59 Å². The third-order valence-electron chi connectivity index (χ3n) is 8.22. The Morgan fingerprint density at radius 3 is 2.82 bits per heavy atom. The average molecular weight is 544 g/mol. The van der Waals surface area contributed by atoms with Gasteiger partial charge in [-0.05, 0) is 90.7 Å². The Kier molecular flexibility index (Phi) is 4.58. The molecule has 1 amide bonds. The second kappa shape index (κ2) is 7.38. The molecule has 1 aliphatic heterocycles. The van der Waals surface area contributed by atoms with E-state index in [4.69, 9.17) is 11.6 Å². The van der Waals surface area contributed by atoms with Gasteiger partial charge in [-0.2, -0.15) is 9.50 Å². The van der Waals surface area contributed by atoms with Gasteiger partial charge in [0.2, 0.25) is 16.4 Å². The number of nitrogens with one attached hydrogen (secondary N) is 2. The summed E-state index contributed by atoms with van der Waals surface area (Å²) in [5.41, 5.74) is 3.44. The van der Waals surface area contributed by atoms with Crippen molar-refractivity contribution in [2.45, 2.75) is 55.9 Å². The second-order valence-electron chi connectivity index (χ2n) is 10.2. The maximum absolute atomic E-state index is 13.6. The molecule has 7 rings (SSSR count). The highest BCUT2D eigenvalue weighted by atomic mass is 79.9. The molecular formula is C24H24BrClN6O2. The van der Waals surface area contributed by atoms with E-state index in [0.29, 0.717) is 39.0 Å². The Hall–Kier alpha value is -2.23. The highest BCUT2D eigenvalue weighted by Crippen LogP contribution is 2.67. The number of aromatic nitrogens is 4. The third-order valence-corrected chi connectivity index (χ3v) is 8.87. The van der Waals surface area contributed by atoms with Crippen molar-refractivity contribution in [1.82, 2.24) is 24.5 Å². The molecule has 10 heteroatoms. The minimum Gasteiger partial charge on any atom is -0.323 e. The van der Waals surface area contributed by atoms with Gasteiger partial charge in [0.25, 0.3) is 5.56 Å². The highest BCUT2D eigenvalue weighted by molar-refractivity contribution is 9.10. The van der Waals surface area contributed by atoms with Crippen LogP contribution in [0.15, 0.2) is 27.7 Å². The number of carbonyl (C=O) groups excluding carboxylic acids is 1. The summed E-state index contributed by atoms with van der Waals surface area (Å²) in [6.07, 6.45) is 5.33. The van der Waals surface area contributed by atoms with Crippen molar-refractivity contribution in [3.8, 4) is 0 Å². The number of rotatable bonds is 4. The number of anilines is 1. The Labute approximate surface area is 209 Å². The predicted molar refractivity (Wildman–Crippen MR) is 132 cm³/mol. The van der Waals surface area contributed by atoms with Crippen molar-refractivity contribution < 1.29 is 4.79 Å². The lowest BCUT2D eigenvalue weighted by Crippen LogP contribution is -2.44. The molecule has 34 heavy (non-hydrogen) atoms. The number of nitrogens with zero attached hydrogens (tertiary/aromatic N) is 4. The summed E-state index contributed by atoms with van der Waals surface area (Å²) >= 11 is 9.81. The Bertz CT molecular complexity index is 1420. The molecule has 2 N–H and O–H groups in total. The summed E-state index contributed by atoms with van der Waals surface area (Å²) in [4.78, 5) is 31.3. The summed E-state index contributed by atoms with van der Waals surface area (Å²) in [6, 6.07) is 5.88. The fourth-order valence-corrected chi connectivity index (χ4v) is 7.04. The third kappa shape index (κ3) is 3.06. The van der Waals surface area contributed by atoms with Crippen LogP contribution in [-0.4, -0.2) is 38.2 Å². The lowest BCUT2D eigenvalue weighted by atomic mass is 9.72. The van der Waals surface area contributed by atoms with Crippen molar-refractivity contribution in [2.24, 2.45) is 5.92 Å². The van der Waals surface area contributed by atoms with Crippen molar-refractivity contribution >= 4 is 44.9 Å². The van der Waals surface area contributed by atoms with E-state index in [1.807, 2.05) is 22.8 Å². The maximum Gasteiger partial charge on any atom is 0.279 e. The van der Waals surface area contributed by atoms with Gasteiger partial charge in [-0.3, -0.25) is 9.59 Å². The molecule has 2 atom stereocenters. The zero-order valence-electron chi connectivity index (χ0n) is 18.5.